The molecule has 1 fully saturated rings. The number of amides is 1. The Morgan fingerprint density at radius 3 is 2.65 bits per heavy atom. The van der Waals surface area contributed by atoms with E-state index < -0.39 is 12.0 Å². The highest BCUT2D eigenvalue weighted by molar-refractivity contribution is 7.80. The molecule has 8 nitrogen and oxygen atoms in total. The van der Waals surface area contributed by atoms with Crippen molar-refractivity contribution in [2.75, 3.05) is 26.2 Å². The van der Waals surface area contributed by atoms with Crippen LogP contribution in [0, 0.1) is 0 Å². The lowest BCUT2D eigenvalue weighted by atomic mass is 10.1. The third-order valence-corrected chi connectivity index (χ3v) is 8.22. The van der Waals surface area contributed by atoms with Gasteiger partial charge in [0.15, 0.2) is 0 Å². The van der Waals surface area contributed by atoms with Crippen LogP contribution >= 0.6 is 35.8 Å². The van der Waals surface area contributed by atoms with Crippen LogP contribution in [0.4, 0.5) is 0 Å². The fourth-order valence-corrected chi connectivity index (χ4v) is 5.78. The van der Waals surface area contributed by atoms with Gasteiger partial charge in [0.25, 0.3) is 0 Å². The molecule has 1 aliphatic rings. The van der Waals surface area contributed by atoms with E-state index in [0.717, 1.165) is 43.6 Å². The summed E-state index contributed by atoms with van der Waals surface area (Å²) in [5.41, 5.74) is 14.5. The van der Waals surface area contributed by atoms with Crippen LogP contribution in [0.3, 0.4) is 0 Å². The number of nitrogens with two attached hydrogens (primary N) is 2. The number of aromatic nitrogens is 2. The van der Waals surface area contributed by atoms with E-state index in [9.17, 15) is 4.79 Å². The minimum atomic E-state index is -0.622. The number of benzene rings is 3. The fraction of sp³-hybridized carbons (Fsp3) is 0.310. The summed E-state index contributed by atoms with van der Waals surface area (Å²) in [7, 11) is 0. The van der Waals surface area contributed by atoms with Crippen LogP contribution in [0.25, 0.3) is 16.7 Å². The molecule has 3 aromatic carbocycles. The van der Waals surface area contributed by atoms with E-state index in [0.29, 0.717) is 44.2 Å². The molecule has 0 bridgehead atoms. The summed E-state index contributed by atoms with van der Waals surface area (Å²) in [5, 5.41) is 1.07. The molecule has 1 aromatic heterocycles. The van der Waals surface area contributed by atoms with Crippen LogP contribution in [0.1, 0.15) is 41.8 Å². The van der Waals surface area contributed by atoms with Crippen molar-refractivity contribution in [2.24, 2.45) is 11.5 Å². The van der Waals surface area contributed by atoms with E-state index in [2.05, 4.69) is 22.5 Å². The third kappa shape index (κ3) is 6.04. The Labute approximate surface area is 248 Å². The fourth-order valence-electron chi connectivity index (χ4n) is 5.00. The SMILES string of the molecule is C[C@@H](Oc1cc(-n2cnc3cc(Cl)ccc32)cc(C(N)=O)c1S)c1cccc(OC2CCN(CCN)CC2)c1Cl. The second-order valence-corrected chi connectivity index (χ2v) is 11.1. The Morgan fingerprint density at radius 2 is 1.93 bits per heavy atom. The third-order valence-electron chi connectivity index (χ3n) is 7.12. The zero-order valence-electron chi connectivity index (χ0n) is 22.0. The van der Waals surface area contributed by atoms with Crippen molar-refractivity contribution in [3.63, 3.8) is 0 Å². The lowest BCUT2D eigenvalue weighted by Gasteiger charge is -2.32. The first-order chi connectivity index (χ1) is 19.2. The molecule has 1 saturated heterocycles. The van der Waals surface area contributed by atoms with E-state index in [1.165, 1.54) is 0 Å². The molecule has 2 heterocycles. The molecule has 11 heteroatoms. The zero-order chi connectivity index (χ0) is 28.4. The number of halogens is 2. The van der Waals surface area contributed by atoms with Crippen LogP contribution in [0.15, 0.2) is 59.8 Å². The maximum Gasteiger partial charge on any atom is 0.250 e. The second kappa shape index (κ2) is 12.3. The van der Waals surface area contributed by atoms with Gasteiger partial charge in [0.05, 0.1) is 32.2 Å². The summed E-state index contributed by atoms with van der Waals surface area (Å²) in [6.45, 7) is 5.33. The smallest absolute Gasteiger partial charge is 0.250 e. The minimum Gasteiger partial charge on any atom is -0.489 e. The number of likely N-dealkylation sites (tertiary alicyclic amines) is 1. The molecule has 4 N–H and O–H groups in total. The van der Waals surface area contributed by atoms with Gasteiger partial charge in [0.1, 0.15) is 30.0 Å². The molecule has 1 amide bonds. The van der Waals surface area contributed by atoms with Crippen molar-refractivity contribution in [1.29, 1.82) is 0 Å². The van der Waals surface area contributed by atoms with Gasteiger partial charge in [0, 0.05) is 42.8 Å². The van der Waals surface area contributed by atoms with E-state index in [1.54, 1.807) is 30.6 Å². The highest BCUT2D eigenvalue weighted by Gasteiger charge is 2.24. The van der Waals surface area contributed by atoms with Crippen molar-refractivity contribution in [2.45, 2.75) is 36.9 Å². The highest BCUT2D eigenvalue weighted by atomic mass is 35.5. The number of imidazole rings is 1. The summed E-state index contributed by atoms with van der Waals surface area (Å²) >= 11 is 17.6. The van der Waals surface area contributed by atoms with Gasteiger partial charge >= 0.3 is 0 Å². The standard InChI is InChI=1S/C29H31Cl2N5O3S/c1-17(21-3-2-4-25(27(21)31)39-20-7-10-35(11-8-20)12-9-32)38-26-15-19(14-22(28(26)40)29(33)37)36-16-34-23-13-18(30)5-6-24(23)36/h2-6,13-17,20,40H,7-12,32H2,1H3,(H2,33,37)/t17-/m1/s1. The lowest BCUT2D eigenvalue weighted by molar-refractivity contribution is 0.0996. The molecule has 0 unspecified atom stereocenters. The predicted molar refractivity (Wildman–Crippen MR) is 161 cm³/mol. The number of carbonyl (C=O) groups is 1. The summed E-state index contributed by atoms with van der Waals surface area (Å²) in [6, 6.07) is 14.5. The van der Waals surface area contributed by atoms with Crippen molar-refractivity contribution >= 4 is 52.8 Å². The number of hydrogen-bond donors (Lipinski definition) is 3. The number of fused-ring (bicyclic) bond motifs is 1. The normalized spacial score (nSPS) is 15.3. The van der Waals surface area contributed by atoms with Gasteiger partial charge in [-0.05, 0) is 50.1 Å². The number of ether oxygens (including phenoxy) is 2. The summed E-state index contributed by atoms with van der Waals surface area (Å²) in [5.74, 6) is 0.378. The molecular weight excluding hydrogens is 569 g/mol. The highest BCUT2D eigenvalue weighted by Crippen LogP contribution is 2.38. The molecule has 5 rings (SSSR count). The average Bonchev–Trinajstić information content (AvgIpc) is 3.35. The molecule has 0 spiro atoms. The van der Waals surface area contributed by atoms with Crippen LogP contribution in [-0.4, -0.2) is 52.6 Å². The molecule has 4 aromatic rings. The first kappa shape index (κ1) is 28.6. The van der Waals surface area contributed by atoms with Gasteiger partial charge in [-0.2, -0.15) is 0 Å². The van der Waals surface area contributed by atoms with Crippen molar-refractivity contribution < 1.29 is 14.3 Å². The molecule has 0 saturated carbocycles. The molecule has 210 valence electrons. The van der Waals surface area contributed by atoms with Gasteiger partial charge in [-0.1, -0.05) is 35.3 Å². The van der Waals surface area contributed by atoms with Crippen LogP contribution in [0.5, 0.6) is 11.5 Å². The molecule has 0 aliphatic carbocycles. The number of hydrogen-bond acceptors (Lipinski definition) is 7. The van der Waals surface area contributed by atoms with Gasteiger partial charge in [-0.25, -0.2) is 4.98 Å². The predicted octanol–water partition coefficient (Wildman–Crippen LogP) is 5.66. The first-order valence-electron chi connectivity index (χ1n) is 13.1. The number of nitrogens with zero attached hydrogens (tertiary/aromatic N) is 3. The molecule has 1 atom stereocenters. The Bertz CT molecular complexity index is 1540. The molecule has 0 radical (unpaired) electrons. The van der Waals surface area contributed by atoms with Gasteiger partial charge in [0.2, 0.25) is 5.91 Å². The molecular formula is C29H31Cl2N5O3S. The monoisotopic (exact) mass is 599 g/mol. The number of carbonyl (C=O) groups excluding carboxylic acids is 1. The number of thiol groups is 1. The van der Waals surface area contributed by atoms with E-state index in [4.69, 9.17) is 44.1 Å². The van der Waals surface area contributed by atoms with Gasteiger partial charge < -0.3 is 25.8 Å². The maximum absolute atomic E-state index is 12.3. The van der Waals surface area contributed by atoms with Gasteiger partial charge in [-0.3, -0.25) is 9.36 Å². The Hall–Kier alpha value is -2.95. The van der Waals surface area contributed by atoms with Crippen molar-refractivity contribution in [3.8, 4) is 17.2 Å². The maximum atomic E-state index is 12.3. The number of piperidine rings is 1. The van der Waals surface area contributed by atoms with Crippen molar-refractivity contribution in [3.05, 3.63) is 76.0 Å². The van der Waals surface area contributed by atoms with E-state index in [1.807, 2.05) is 35.8 Å². The number of primary amides is 1. The lowest BCUT2D eigenvalue weighted by Crippen LogP contribution is -2.40. The first-order valence-corrected chi connectivity index (χ1v) is 14.3. The average molecular weight is 601 g/mol. The van der Waals surface area contributed by atoms with Crippen LogP contribution < -0.4 is 20.9 Å². The summed E-state index contributed by atoms with van der Waals surface area (Å²) in [6.07, 6.45) is 3.07. The molecule has 40 heavy (non-hydrogen) atoms. The molecule has 1 aliphatic heterocycles. The quantitative estimate of drug-likeness (QED) is 0.214. The van der Waals surface area contributed by atoms with Crippen LogP contribution in [0.2, 0.25) is 10.0 Å². The van der Waals surface area contributed by atoms with E-state index >= 15 is 0 Å². The van der Waals surface area contributed by atoms with Crippen LogP contribution in [-0.2, 0) is 0 Å². The zero-order valence-corrected chi connectivity index (χ0v) is 24.4. The minimum absolute atomic E-state index is 0.0803. The van der Waals surface area contributed by atoms with Gasteiger partial charge in [-0.15, -0.1) is 12.6 Å². The Morgan fingerprint density at radius 1 is 1.15 bits per heavy atom. The largest absolute Gasteiger partial charge is 0.489 e. The Balaban J connectivity index is 1.41. The summed E-state index contributed by atoms with van der Waals surface area (Å²) < 4.78 is 14.5. The summed E-state index contributed by atoms with van der Waals surface area (Å²) in [4.78, 5) is 19.5. The van der Waals surface area contributed by atoms with E-state index in [-0.39, 0.29) is 11.7 Å². The second-order valence-electron chi connectivity index (χ2n) is 9.82. The topological polar surface area (TPSA) is 109 Å². The number of rotatable bonds is 9. The Kier molecular flexibility index (Phi) is 8.77. The van der Waals surface area contributed by atoms with Crippen molar-refractivity contribution in [1.82, 2.24) is 14.5 Å².